The van der Waals surface area contributed by atoms with Gasteiger partial charge in [0.15, 0.2) is 5.96 Å². The first-order valence-corrected chi connectivity index (χ1v) is 7.92. The van der Waals surface area contributed by atoms with Gasteiger partial charge in [0.25, 0.3) is 0 Å². The zero-order valence-corrected chi connectivity index (χ0v) is 12.1. The normalized spacial score (nSPS) is 21.7. The van der Waals surface area contributed by atoms with Crippen LogP contribution < -0.4 is 11.1 Å². The molecule has 3 rings (SSSR count). The lowest BCUT2D eigenvalue weighted by atomic mass is 10.2. The summed E-state index contributed by atoms with van der Waals surface area (Å²) < 4.78 is 2.11. The van der Waals surface area contributed by atoms with Crippen LogP contribution in [0.5, 0.6) is 0 Å². The largest absolute Gasteiger partial charge is 0.370 e. The van der Waals surface area contributed by atoms with E-state index < -0.39 is 0 Å². The topological polar surface area (TPSA) is 68.2 Å². The highest BCUT2D eigenvalue weighted by atomic mass is 15.3. The lowest BCUT2D eigenvalue weighted by molar-refractivity contribution is 0.463. The zero-order chi connectivity index (χ0) is 13.8. The second kappa shape index (κ2) is 6.29. The maximum Gasteiger partial charge on any atom is 0.189 e. The van der Waals surface area contributed by atoms with Gasteiger partial charge in [-0.1, -0.05) is 25.7 Å². The quantitative estimate of drug-likeness (QED) is 0.654. The molecule has 5 heteroatoms. The van der Waals surface area contributed by atoms with Crippen LogP contribution in [0.15, 0.2) is 17.3 Å². The van der Waals surface area contributed by atoms with Gasteiger partial charge in [0.2, 0.25) is 0 Å². The number of hydrogen-bond donors (Lipinski definition) is 2. The molecule has 2 aliphatic carbocycles. The summed E-state index contributed by atoms with van der Waals surface area (Å²) in [7, 11) is 0. The fraction of sp³-hybridized carbons (Fsp3) is 0.733. The Morgan fingerprint density at radius 2 is 1.95 bits per heavy atom. The predicted molar refractivity (Wildman–Crippen MR) is 80.5 cm³/mol. The molecule has 0 aliphatic heterocycles. The molecule has 1 heterocycles. The molecule has 1 aromatic rings. The Morgan fingerprint density at radius 3 is 2.70 bits per heavy atom. The van der Waals surface area contributed by atoms with Crippen molar-refractivity contribution in [3.8, 4) is 0 Å². The molecule has 5 nitrogen and oxygen atoms in total. The van der Waals surface area contributed by atoms with E-state index in [0.717, 1.165) is 5.69 Å². The van der Waals surface area contributed by atoms with E-state index in [4.69, 9.17) is 5.73 Å². The van der Waals surface area contributed by atoms with Crippen molar-refractivity contribution in [3.05, 3.63) is 18.0 Å². The number of nitrogens with one attached hydrogen (secondary N) is 1. The van der Waals surface area contributed by atoms with E-state index in [0.29, 0.717) is 24.6 Å². The number of rotatable bonds is 4. The molecule has 0 aromatic carbocycles. The van der Waals surface area contributed by atoms with E-state index in [1.54, 1.807) is 0 Å². The summed E-state index contributed by atoms with van der Waals surface area (Å²) >= 11 is 0. The minimum Gasteiger partial charge on any atom is -0.370 e. The van der Waals surface area contributed by atoms with Crippen LogP contribution in [0.1, 0.15) is 63.1 Å². The first-order chi connectivity index (χ1) is 9.81. The van der Waals surface area contributed by atoms with E-state index in [2.05, 4.69) is 32.4 Å². The molecular weight excluding hydrogens is 250 g/mol. The van der Waals surface area contributed by atoms with Crippen molar-refractivity contribution in [1.29, 1.82) is 0 Å². The molecule has 2 fully saturated rings. The van der Waals surface area contributed by atoms with Gasteiger partial charge in [-0.25, -0.2) is 4.99 Å². The zero-order valence-electron chi connectivity index (χ0n) is 12.1. The number of nitrogens with two attached hydrogens (primary N) is 1. The SMILES string of the molecule is NC(=NCc1ccn(C2CCCC2)n1)NC1CCCC1. The third kappa shape index (κ3) is 3.32. The number of aromatic nitrogens is 2. The summed E-state index contributed by atoms with van der Waals surface area (Å²) in [5, 5.41) is 7.93. The minimum absolute atomic E-state index is 0.523. The molecular formula is C15H25N5. The van der Waals surface area contributed by atoms with Gasteiger partial charge in [-0.05, 0) is 31.7 Å². The molecule has 110 valence electrons. The Hall–Kier alpha value is -1.52. The minimum atomic E-state index is 0.523. The van der Waals surface area contributed by atoms with Gasteiger partial charge in [-0.2, -0.15) is 5.10 Å². The van der Waals surface area contributed by atoms with Crippen LogP contribution in [-0.4, -0.2) is 21.8 Å². The Morgan fingerprint density at radius 1 is 1.25 bits per heavy atom. The number of hydrogen-bond acceptors (Lipinski definition) is 2. The van der Waals surface area contributed by atoms with Crippen LogP contribution >= 0.6 is 0 Å². The van der Waals surface area contributed by atoms with Crippen LogP contribution in [-0.2, 0) is 6.54 Å². The first kappa shape index (κ1) is 13.5. The van der Waals surface area contributed by atoms with Crippen LogP contribution in [0.2, 0.25) is 0 Å². The van der Waals surface area contributed by atoms with E-state index in [1.165, 1.54) is 51.4 Å². The van der Waals surface area contributed by atoms with Gasteiger partial charge in [0, 0.05) is 12.2 Å². The average molecular weight is 275 g/mol. The Balaban J connectivity index is 1.51. The molecule has 0 amide bonds. The molecule has 0 atom stereocenters. The Kier molecular flexibility index (Phi) is 4.23. The van der Waals surface area contributed by atoms with Gasteiger partial charge in [-0.15, -0.1) is 0 Å². The van der Waals surface area contributed by atoms with Gasteiger partial charge < -0.3 is 11.1 Å². The van der Waals surface area contributed by atoms with Crippen LogP contribution in [0.4, 0.5) is 0 Å². The van der Waals surface area contributed by atoms with Crippen molar-refractivity contribution in [2.24, 2.45) is 10.7 Å². The molecule has 0 spiro atoms. The Bertz CT molecular complexity index is 453. The lowest BCUT2D eigenvalue weighted by Crippen LogP contribution is -2.38. The van der Waals surface area contributed by atoms with E-state index in [1.807, 2.05) is 0 Å². The first-order valence-electron chi connectivity index (χ1n) is 7.92. The summed E-state index contributed by atoms with van der Waals surface area (Å²) in [6.45, 7) is 0.575. The van der Waals surface area contributed by atoms with Crippen LogP contribution in [0, 0.1) is 0 Å². The summed E-state index contributed by atoms with van der Waals surface area (Å²) in [6, 6.07) is 3.18. The summed E-state index contributed by atoms with van der Waals surface area (Å²) in [5.41, 5.74) is 6.94. The van der Waals surface area contributed by atoms with Gasteiger partial charge in [0.05, 0.1) is 18.3 Å². The third-order valence-electron chi connectivity index (χ3n) is 4.48. The van der Waals surface area contributed by atoms with Gasteiger partial charge in [0.1, 0.15) is 0 Å². The average Bonchev–Trinajstić information content (AvgIpc) is 3.18. The van der Waals surface area contributed by atoms with E-state index in [-0.39, 0.29) is 0 Å². The number of guanidine groups is 1. The lowest BCUT2D eigenvalue weighted by Gasteiger charge is -2.12. The maximum absolute atomic E-state index is 5.93. The second-order valence-electron chi connectivity index (χ2n) is 6.05. The third-order valence-corrected chi connectivity index (χ3v) is 4.48. The molecule has 0 unspecified atom stereocenters. The number of nitrogens with zero attached hydrogens (tertiary/aromatic N) is 3. The molecule has 0 bridgehead atoms. The van der Waals surface area contributed by atoms with E-state index in [9.17, 15) is 0 Å². The summed E-state index contributed by atoms with van der Waals surface area (Å²) in [5.74, 6) is 0.562. The van der Waals surface area contributed by atoms with Crippen molar-refractivity contribution in [3.63, 3.8) is 0 Å². The summed E-state index contributed by atoms with van der Waals surface area (Å²) in [4.78, 5) is 4.41. The van der Waals surface area contributed by atoms with Crippen LogP contribution in [0.3, 0.4) is 0 Å². The van der Waals surface area contributed by atoms with Gasteiger partial charge >= 0.3 is 0 Å². The molecule has 2 saturated carbocycles. The molecule has 0 radical (unpaired) electrons. The second-order valence-corrected chi connectivity index (χ2v) is 6.05. The molecule has 1 aromatic heterocycles. The highest BCUT2D eigenvalue weighted by Gasteiger charge is 2.17. The maximum atomic E-state index is 5.93. The Labute approximate surface area is 120 Å². The molecule has 20 heavy (non-hydrogen) atoms. The fourth-order valence-corrected chi connectivity index (χ4v) is 3.32. The van der Waals surface area contributed by atoms with Crippen molar-refractivity contribution < 1.29 is 0 Å². The van der Waals surface area contributed by atoms with E-state index >= 15 is 0 Å². The van der Waals surface area contributed by atoms with Crippen molar-refractivity contribution >= 4 is 5.96 Å². The molecule has 0 saturated heterocycles. The fourth-order valence-electron chi connectivity index (χ4n) is 3.32. The highest BCUT2D eigenvalue weighted by Crippen LogP contribution is 2.28. The molecule has 3 N–H and O–H groups in total. The smallest absolute Gasteiger partial charge is 0.189 e. The van der Waals surface area contributed by atoms with Crippen molar-refractivity contribution in [2.75, 3.05) is 0 Å². The highest BCUT2D eigenvalue weighted by molar-refractivity contribution is 5.78. The van der Waals surface area contributed by atoms with Crippen LogP contribution in [0.25, 0.3) is 0 Å². The standard InChI is InChI=1S/C15H25N5/c16-15(18-12-5-1-2-6-12)17-11-13-9-10-20(19-13)14-7-3-4-8-14/h9-10,12,14H,1-8,11H2,(H3,16,17,18). The monoisotopic (exact) mass is 275 g/mol. The van der Waals surface area contributed by atoms with Gasteiger partial charge in [-0.3, -0.25) is 4.68 Å². The van der Waals surface area contributed by atoms with Crippen molar-refractivity contribution in [2.45, 2.75) is 70.0 Å². The number of aliphatic imine (C=N–C) groups is 1. The predicted octanol–water partition coefficient (Wildman–Crippen LogP) is 2.35. The summed E-state index contributed by atoms with van der Waals surface area (Å²) in [6.07, 6.45) is 12.3. The van der Waals surface area contributed by atoms with Crippen molar-refractivity contribution in [1.82, 2.24) is 15.1 Å². The molecule has 2 aliphatic rings.